The molecule has 0 atom stereocenters. The summed E-state index contributed by atoms with van der Waals surface area (Å²) in [6, 6.07) is 8.90. The third-order valence-electron chi connectivity index (χ3n) is 3.17. The molecule has 0 bridgehead atoms. The molecule has 0 aromatic heterocycles. The summed E-state index contributed by atoms with van der Waals surface area (Å²) in [4.78, 5) is 12.3. The van der Waals surface area contributed by atoms with Gasteiger partial charge in [-0.15, -0.1) is 0 Å². The van der Waals surface area contributed by atoms with Crippen molar-refractivity contribution < 1.29 is 23.4 Å². The van der Waals surface area contributed by atoms with Gasteiger partial charge in [0.1, 0.15) is 18.2 Å². The molecule has 2 rings (SSSR count). The van der Waals surface area contributed by atoms with Gasteiger partial charge in [-0.05, 0) is 24.3 Å². The fourth-order valence-electron chi connectivity index (χ4n) is 1.98. The summed E-state index contributed by atoms with van der Waals surface area (Å²) in [5.74, 6) is -0.668. The van der Waals surface area contributed by atoms with Gasteiger partial charge in [0, 0.05) is 13.2 Å². The number of benzene rings is 2. The highest BCUT2D eigenvalue weighted by atomic mass is 35.5. The molecular weight excluding hydrogens is 337 g/mol. The lowest BCUT2D eigenvalue weighted by molar-refractivity contribution is 0.102. The lowest BCUT2D eigenvalue weighted by Gasteiger charge is -2.14. The van der Waals surface area contributed by atoms with Crippen LogP contribution in [0.3, 0.4) is 0 Å². The summed E-state index contributed by atoms with van der Waals surface area (Å²) in [5, 5.41) is 2.94. The molecule has 128 valence electrons. The van der Waals surface area contributed by atoms with Crippen LogP contribution in [0.1, 0.15) is 10.4 Å². The molecule has 7 heteroatoms. The third-order valence-corrected chi connectivity index (χ3v) is 3.47. The first kappa shape index (κ1) is 18.0. The van der Waals surface area contributed by atoms with Crippen LogP contribution in [-0.2, 0) is 4.74 Å². The van der Waals surface area contributed by atoms with Crippen molar-refractivity contribution in [3.8, 4) is 11.5 Å². The average molecular weight is 354 g/mol. The number of methoxy groups -OCH3 is 2. The topological polar surface area (TPSA) is 56.8 Å². The third kappa shape index (κ3) is 4.37. The number of amides is 1. The highest BCUT2D eigenvalue weighted by molar-refractivity contribution is 6.32. The second-order valence-corrected chi connectivity index (χ2v) is 5.16. The summed E-state index contributed by atoms with van der Waals surface area (Å²) in [5.41, 5.74) is 0.234. The second kappa shape index (κ2) is 8.52. The molecule has 1 N–H and O–H groups in total. The highest BCUT2D eigenvalue weighted by Gasteiger charge is 2.16. The van der Waals surface area contributed by atoms with E-state index in [0.29, 0.717) is 28.8 Å². The van der Waals surface area contributed by atoms with Crippen LogP contribution in [0.4, 0.5) is 10.1 Å². The van der Waals surface area contributed by atoms with Gasteiger partial charge in [0.2, 0.25) is 0 Å². The minimum absolute atomic E-state index is 0.112. The molecule has 2 aromatic carbocycles. The molecule has 0 heterocycles. The number of para-hydroxylation sites is 1. The van der Waals surface area contributed by atoms with Crippen LogP contribution in [-0.4, -0.2) is 33.3 Å². The van der Waals surface area contributed by atoms with Gasteiger partial charge in [-0.3, -0.25) is 4.79 Å². The fourth-order valence-corrected chi connectivity index (χ4v) is 2.21. The van der Waals surface area contributed by atoms with Crippen LogP contribution in [0.5, 0.6) is 11.5 Å². The minimum atomic E-state index is -0.685. The number of halogens is 2. The molecule has 0 aliphatic heterocycles. The van der Waals surface area contributed by atoms with E-state index in [9.17, 15) is 9.18 Å². The van der Waals surface area contributed by atoms with E-state index < -0.39 is 11.7 Å². The Hall–Kier alpha value is -2.31. The molecule has 0 saturated carbocycles. The van der Waals surface area contributed by atoms with Gasteiger partial charge in [0.05, 0.1) is 30.0 Å². The first-order valence-electron chi connectivity index (χ1n) is 7.12. The smallest absolute Gasteiger partial charge is 0.258 e. The van der Waals surface area contributed by atoms with Gasteiger partial charge in [-0.1, -0.05) is 17.7 Å². The molecule has 1 amide bonds. The maximum absolute atomic E-state index is 14.0. The number of hydrogen-bond donors (Lipinski definition) is 1. The monoisotopic (exact) mass is 353 g/mol. The SMILES string of the molecule is COCCOc1c(Cl)cccc1NC(=O)c1ccc(OC)cc1F. The molecule has 0 fully saturated rings. The Morgan fingerprint density at radius 3 is 2.67 bits per heavy atom. The maximum Gasteiger partial charge on any atom is 0.258 e. The van der Waals surface area contributed by atoms with E-state index in [-0.39, 0.29) is 12.2 Å². The van der Waals surface area contributed by atoms with E-state index in [1.165, 1.54) is 19.2 Å². The van der Waals surface area contributed by atoms with Gasteiger partial charge in [0.25, 0.3) is 5.91 Å². The zero-order chi connectivity index (χ0) is 17.5. The lowest BCUT2D eigenvalue weighted by Crippen LogP contribution is -2.15. The molecule has 2 aromatic rings. The first-order valence-corrected chi connectivity index (χ1v) is 7.49. The van der Waals surface area contributed by atoms with Crippen molar-refractivity contribution in [3.63, 3.8) is 0 Å². The van der Waals surface area contributed by atoms with Gasteiger partial charge < -0.3 is 19.5 Å². The van der Waals surface area contributed by atoms with Crippen molar-refractivity contribution in [2.75, 3.05) is 32.8 Å². The van der Waals surface area contributed by atoms with Crippen LogP contribution in [0.15, 0.2) is 36.4 Å². The Balaban J connectivity index is 2.21. The predicted molar refractivity (Wildman–Crippen MR) is 89.7 cm³/mol. The highest BCUT2D eigenvalue weighted by Crippen LogP contribution is 2.33. The van der Waals surface area contributed by atoms with Crippen molar-refractivity contribution in [1.29, 1.82) is 0 Å². The molecule has 24 heavy (non-hydrogen) atoms. The normalized spacial score (nSPS) is 10.3. The van der Waals surface area contributed by atoms with Crippen molar-refractivity contribution >= 4 is 23.2 Å². The zero-order valence-electron chi connectivity index (χ0n) is 13.3. The molecule has 0 aliphatic carbocycles. The summed E-state index contributed by atoms with van der Waals surface area (Å²) in [7, 11) is 2.97. The predicted octanol–water partition coefficient (Wildman–Crippen LogP) is 3.77. The van der Waals surface area contributed by atoms with Crippen molar-refractivity contribution in [2.45, 2.75) is 0 Å². The average Bonchev–Trinajstić information content (AvgIpc) is 2.57. The van der Waals surface area contributed by atoms with Crippen LogP contribution >= 0.6 is 11.6 Å². The van der Waals surface area contributed by atoms with Crippen LogP contribution in [0.2, 0.25) is 5.02 Å². The van der Waals surface area contributed by atoms with Gasteiger partial charge in [0.15, 0.2) is 5.75 Å². The standard InChI is InChI=1S/C17H17ClFNO4/c1-22-8-9-24-16-13(18)4-3-5-15(16)20-17(21)12-7-6-11(23-2)10-14(12)19/h3-7,10H,8-9H2,1-2H3,(H,20,21). The molecule has 0 saturated heterocycles. The fraction of sp³-hybridized carbons (Fsp3) is 0.235. The maximum atomic E-state index is 14.0. The molecule has 0 radical (unpaired) electrons. The Morgan fingerprint density at radius 1 is 1.21 bits per heavy atom. The zero-order valence-corrected chi connectivity index (χ0v) is 14.0. The minimum Gasteiger partial charge on any atom is -0.497 e. The Kier molecular flexibility index (Phi) is 6.40. The molecule has 0 spiro atoms. The molecule has 0 aliphatic rings. The number of carbonyl (C=O) groups excluding carboxylic acids is 1. The van der Waals surface area contributed by atoms with Crippen LogP contribution in [0.25, 0.3) is 0 Å². The number of anilines is 1. The first-order chi connectivity index (χ1) is 11.6. The lowest BCUT2D eigenvalue weighted by atomic mass is 10.2. The summed E-state index contributed by atoms with van der Waals surface area (Å²) >= 11 is 6.10. The van der Waals surface area contributed by atoms with E-state index in [0.717, 1.165) is 6.07 Å². The van der Waals surface area contributed by atoms with E-state index in [1.807, 2.05) is 0 Å². The quantitative estimate of drug-likeness (QED) is 0.770. The van der Waals surface area contributed by atoms with Gasteiger partial charge in [-0.25, -0.2) is 4.39 Å². The summed E-state index contributed by atoms with van der Waals surface area (Å²) in [6.07, 6.45) is 0. The Bertz CT molecular complexity index is 724. The molecule has 5 nitrogen and oxygen atoms in total. The van der Waals surface area contributed by atoms with E-state index in [2.05, 4.69) is 5.32 Å². The van der Waals surface area contributed by atoms with Crippen molar-refractivity contribution in [3.05, 3.63) is 52.8 Å². The van der Waals surface area contributed by atoms with E-state index in [4.69, 9.17) is 25.8 Å². The summed E-state index contributed by atoms with van der Waals surface area (Å²) in [6.45, 7) is 0.631. The van der Waals surface area contributed by atoms with Gasteiger partial charge in [-0.2, -0.15) is 0 Å². The van der Waals surface area contributed by atoms with E-state index in [1.54, 1.807) is 25.3 Å². The van der Waals surface area contributed by atoms with Crippen LogP contribution in [0, 0.1) is 5.82 Å². The number of ether oxygens (including phenoxy) is 3. The van der Waals surface area contributed by atoms with Gasteiger partial charge >= 0.3 is 0 Å². The number of nitrogens with one attached hydrogen (secondary N) is 1. The van der Waals surface area contributed by atoms with Crippen LogP contribution < -0.4 is 14.8 Å². The number of carbonyl (C=O) groups is 1. The summed E-state index contributed by atoms with van der Waals surface area (Å²) < 4.78 is 29.4. The Morgan fingerprint density at radius 2 is 2.00 bits per heavy atom. The number of hydrogen-bond acceptors (Lipinski definition) is 4. The Labute approximate surface area is 144 Å². The number of rotatable bonds is 7. The largest absolute Gasteiger partial charge is 0.497 e. The van der Waals surface area contributed by atoms with Crippen molar-refractivity contribution in [1.82, 2.24) is 0 Å². The second-order valence-electron chi connectivity index (χ2n) is 4.76. The van der Waals surface area contributed by atoms with Crippen molar-refractivity contribution in [2.24, 2.45) is 0 Å². The molecule has 0 unspecified atom stereocenters. The molecular formula is C17H17ClFNO4. The van der Waals surface area contributed by atoms with E-state index >= 15 is 0 Å².